The number of benzene rings is 7. The molecule has 0 atom stereocenters. The molecule has 0 unspecified atom stereocenters. The first kappa shape index (κ1) is 28.0. The molecule has 4 aromatic heterocycles. The molecular formula is C46H26N2S2. The second-order valence-corrected chi connectivity index (χ2v) is 15.0. The maximum Gasteiger partial charge on any atom is 0.125 e. The predicted molar refractivity (Wildman–Crippen MR) is 217 cm³/mol. The van der Waals surface area contributed by atoms with E-state index in [1.54, 1.807) is 22.7 Å². The molecule has 0 aliphatic carbocycles. The Morgan fingerprint density at radius 3 is 1.82 bits per heavy atom. The van der Waals surface area contributed by atoms with Gasteiger partial charge in [-0.25, -0.2) is 4.98 Å². The van der Waals surface area contributed by atoms with Crippen LogP contribution in [0.5, 0.6) is 0 Å². The summed E-state index contributed by atoms with van der Waals surface area (Å²) in [5.41, 5.74) is 6.74. The molecule has 0 aliphatic heterocycles. The summed E-state index contributed by atoms with van der Waals surface area (Å²) in [4.78, 5) is 11.1. The van der Waals surface area contributed by atoms with Crippen LogP contribution in [0.2, 0.25) is 0 Å². The molecule has 232 valence electrons. The van der Waals surface area contributed by atoms with Gasteiger partial charge >= 0.3 is 0 Å². The molecule has 0 saturated carbocycles. The molecule has 0 N–H and O–H groups in total. The fourth-order valence-corrected chi connectivity index (χ4v) is 10.2. The molecule has 0 bridgehead atoms. The average Bonchev–Trinajstić information content (AvgIpc) is 3.76. The van der Waals surface area contributed by atoms with Crippen LogP contribution >= 0.6 is 22.7 Å². The van der Waals surface area contributed by atoms with E-state index in [0.29, 0.717) is 0 Å². The van der Waals surface area contributed by atoms with E-state index < -0.39 is 0 Å². The molecule has 0 spiro atoms. The Morgan fingerprint density at radius 2 is 1.00 bits per heavy atom. The van der Waals surface area contributed by atoms with Gasteiger partial charge in [0.15, 0.2) is 0 Å². The highest BCUT2D eigenvalue weighted by molar-refractivity contribution is 7.26. The third-order valence-electron chi connectivity index (χ3n) is 10.2. The lowest BCUT2D eigenvalue weighted by molar-refractivity contribution is 1.31. The van der Waals surface area contributed by atoms with Crippen molar-refractivity contribution in [3.8, 4) is 33.6 Å². The summed E-state index contributed by atoms with van der Waals surface area (Å²) in [5, 5.41) is 12.7. The van der Waals surface area contributed by atoms with Gasteiger partial charge < -0.3 is 0 Å². The molecule has 50 heavy (non-hydrogen) atoms. The molecule has 0 aliphatic rings. The molecule has 11 rings (SSSR count). The summed E-state index contributed by atoms with van der Waals surface area (Å²) in [6.45, 7) is 0. The summed E-state index contributed by atoms with van der Waals surface area (Å²) in [5.74, 6) is 0. The van der Waals surface area contributed by atoms with E-state index in [0.717, 1.165) is 16.2 Å². The van der Waals surface area contributed by atoms with Crippen LogP contribution in [0.4, 0.5) is 0 Å². The van der Waals surface area contributed by atoms with Crippen LogP contribution in [-0.4, -0.2) is 9.97 Å². The van der Waals surface area contributed by atoms with Crippen LogP contribution in [0.3, 0.4) is 0 Å². The Labute approximate surface area is 295 Å². The monoisotopic (exact) mass is 670 g/mol. The van der Waals surface area contributed by atoms with Crippen molar-refractivity contribution in [1.82, 2.24) is 9.97 Å². The zero-order valence-electron chi connectivity index (χ0n) is 26.7. The Bertz CT molecular complexity index is 3130. The number of pyridine rings is 2. The SMILES string of the molecule is c1cc(-c2ccc3c4ccccc4c4ccccc4c3c2)cc(-c2cccc3c2sc2nc(-c4nccc5c4sc4ccccc45)ccc23)c1. The third-order valence-corrected chi connectivity index (χ3v) is 12.5. The van der Waals surface area contributed by atoms with Gasteiger partial charge in [0.1, 0.15) is 10.5 Å². The van der Waals surface area contributed by atoms with Gasteiger partial charge in [0.2, 0.25) is 0 Å². The summed E-state index contributed by atoms with van der Waals surface area (Å²) in [7, 11) is 0. The first-order valence-electron chi connectivity index (χ1n) is 16.8. The lowest BCUT2D eigenvalue weighted by Crippen LogP contribution is -1.86. The number of fused-ring (bicyclic) bond motifs is 12. The summed E-state index contributed by atoms with van der Waals surface area (Å²) >= 11 is 3.57. The van der Waals surface area contributed by atoms with Crippen molar-refractivity contribution in [1.29, 1.82) is 0 Å². The fraction of sp³-hybridized carbons (Fsp3) is 0. The molecule has 0 fully saturated rings. The number of hydrogen-bond acceptors (Lipinski definition) is 4. The van der Waals surface area contributed by atoms with Crippen LogP contribution in [0.15, 0.2) is 158 Å². The summed E-state index contributed by atoms with van der Waals surface area (Å²) < 4.78 is 3.72. The zero-order valence-corrected chi connectivity index (χ0v) is 28.4. The Kier molecular flexibility index (Phi) is 6.03. The van der Waals surface area contributed by atoms with E-state index in [1.165, 1.54) is 90.2 Å². The minimum Gasteiger partial charge on any atom is -0.253 e. The molecule has 4 heteroatoms. The van der Waals surface area contributed by atoms with Gasteiger partial charge in [-0.2, -0.15) is 0 Å². The van der Waals surface area contributed by atoms with E-state index in [4.69, 9.17) is 9.97 Å². The second-order valence-electron chi connectivity index (χ2n) is 12.9. The van der Waals surface area contributed by atoms with E-state index >= 15 is 0 Å². The molecule has 0 amide bonds. The molecule has 0 saturated heterocycles. The lowest BCUT2D eigenvalue weighted by atomic mass is 9.91. The summed E-state index contributed by atoms with van der Waals surface area (Å²) in [6.07, 6.45) is 1.92. The number of rotatable bonds is 3. The van der Waals surface area contributed by atoms with E-state index in [-0.39, 0.29) is 0 Å². The van der Waals surface area contributed by atoms with Crippen LogP contribution in [-0.2, 0) is 0 Å². The number of thiophene rings is 2. The van der Waals surface area contributed by atoms with Crippen molar-refractivity contribution in [2.45, 2.75) is 0 Å². The van der Waals surface area contributed by atoms with Crippen molar-refractivity contribution in [2.75, 3.05) is 0 Å². The molecular weight excluding hydrogens is 645 g/mol. The summed E-state index contributed by atoms with van der Waals surface area (Å²) in [6, 6.07) is 55.2. The first-order valence-corrected chi connectivity index (χ1v) is 18.4. The molecule has 11 aromatic rings. The van der Waals surface area contributed by atoms with Crippen molar-refractivity contribution in [3.05, 3.63) is 158 Å². The molecule has 4 heterocycles. The quantitative estimate of drug-likeness (QED) is 0.175. The highest BCUT2D eigenvalue weighted by atomic mass is 32.1. The minimum atomic E-state index is 0.918. The highest BCUT2D eigenvalue weighted by Crippen LogP contribution is 2.43. The standard InChI is InChI=1S/C46H26N2S2/c1-2-13-33-31(11-1)32-12-3-4-14-34(32)40-26-28(19-20-35(33)40)27-9-7-10-29(25-27)30-16-8-17-37-39-21-22-41(48-46(39)50-44(30)37)43-45-38(23-24-47-43)36-15-5-6-18-42(36)49-45/h1-26H. The van der Waals surface area contributed by atoms with Gasteiger partial charge in [0, 0.05) is 37.1 Å². The smallest absolute Gasteiger partial charge is 0.125 e. The molecule has 0 radical (unpaired) electrons. The van der Waals surface area contributed by atoms with E-state index in [1.807, 2.05) is 6.20 Å². The number of aromatic nitrogens is 2. The zero-order chi connectivity index (χ0) is 32.8. The van der Waals surface area contributed by atoms with Gasteiger partial charge in [0.05, 0.1) is 10.4 Å². The van der Waals surface area contributed by atoms with Crippen LogP contribution in [0, 0.1) is 0 Å². The first-order chi connectivity index (χ1) is 24.8. The van der Waals surface area contributed by atoms with Crippen molar-refractivity contribution < 1.29 is 0 Å². The van der Waals surface area contributed by atoms with Gasteiger partial charge in [-0.3, -0.25) is 4.98 Å². The third kappa shape index (κ3) is 4.13. The van der Waals surface area contributed by atoms with Gasteiger partial charge in [-0.05, 0) is 91.0 Å². The Hall–Kier alpha value is -5.94. The highest BCUT2D eigenvalue weighted by Gasteiger charge is 2.17. The Morgan fingerprint density at radius 1 is 0.380 bits per heavy atom. The largest absolute Gasteiger partial charge is 0.253 e. The van der Waals surface area contributed by atoms with Gasteiger partial charge in [-0.15, -0.1) is 22.7 Å². The number of nitrogens with zero attached hydrogens (tertiary/aromatic N) is 2. The van der Waals surface area contributed by atoms with Crippen molar-refractivity contribution >= 4 is 95.5 Å². The van der Waals surface area contributed by atoms with Gasteiger partial charge in [0.25, 0.3) is 0 Å². The van der Waals surface area contributed by atoms with E-state index in [2.05, 4.69) is 152 Å². The van der Waals surface area contributed by atoms with Crippen molar-refractivity contribution in [2.24, 2.45) is 0 Å². The topological polar surface area (TPSA) is 25.8 Å². The van der Waals surface area contributed by atoms with Crippen LogP contribution in [0.25, 0.3) is 106 Å². The second kappa shape index (κ2) is 10.8. The van der Waals surface area contributed by atoms with Crippen LogP contribution in [0.1, 0.15) is 0 Å². The van der Waals surface area contributed by atoms with Crippen molar-refractivity contribution in [3.63, 3.8) is 0 Å². The van der Waals surface area contributed by atoms with Gasteiger partial charge in [-0.1, -0.05) is 115 Å². The minimum absolute atomic E-state index is 0.918. The Balaban J connectivity index is 1.04. The average molecular weight is 671 g/mol. The lowest BCUT2D eigenvalue weighted by Gasteiger charge is -2.12. The van der Waals surface area contributed by atoms with E-state index in [9.17, 15) is 0 Å². The van der Waals surface area contributed by atoms with Crippen LogP contribution < -0.4 is 0 Å². The molecule has 7 aromatic carbocycles. The maximum absolute atomic E-state index is 5.24. The normalized spacial score (nSPS) is 12.0. The fourth-order valence-electron chi connectivity index (χ4n) is 7.83. The number of hydrogen-bond donors (Lipinski definition) is 0. The predicted octanol–water partition coefficient (Wildman–Crippen LogP) is 13.7. The maximum atomic E-state index is 5.24. The molecule has 2 nitrogen and oxygen atoms in total.